The molecule has 3 aliphatic heterocycles. The first-order valence-corrected chi connectivity index (χ1v) is 28.5. The molecule has 3 aliphatic rings. The van der Waals surface area contributed by atoms with Crippen LogP contribution in [0.3, 0.4) is 0 Å². The lowest BCUT2D eigenvalue weighted by atomic mass is 9.96. The van der Waals surface area contributed by atoms with Crippen LogP contribution in [0.4, 0.5) is 0 Å². The van der Waals surface area contributed by atoms with Crippen molar-refractivity contribution in [3.05, 3.63) is 60.8 Å². The van der Waals surface area contributed by atoms with Crippen LogP contribution in [0.1, 0.15) is 162 Å². The van der Waals surface area contributed by atoms with Gasteiger partial charge in [0, 0.05) is 6.42 Å². The van der Waals surface area contributed by atoms with E-state index in [1.54, 1.807) is 6.08 Å². The predicted molar refractivity (Wildman–Crippen MR) is 286 cm³/mol. The lowest BCUT2D eigenvalue weighted by molar-refractivity contribution is -0.379. The summed E-state index contributed by atoms with van der Waals surface area (Å²) < 4.78 is 34.2. The van der Waals surface area contributed by atoms with Gasteiger partial charge in [0.15, 0.2) is 18.9 Å². The van der Waals surface area contributed by atoms with Gasteiger partial charge in [0.2, 0.25) is 5.91 Å². The molecule has 12 N–H and O–H groups in total. The van der Waals surface area contributed by atoms with Gasteiger partial charge in [0.25, 0.3) is 0 Å². The fraction of sp³-hybridized carbons (Fsp3) is 0.807. The molecule has 0 aromatic heterocycles. The number of aliphatic hydroxyl groups excluding tert-OH is 11. The van der Waals surface area contributed by atoms with Gasteiger partial charge in [-0.25, -0.2) is 0 Å². The van der Waals surface area contributed by atoms with Crippen molar-refractivity contribution in [3.8, 4) is 0 Å². The summed E-state index contributed by atoms with van der Waals surface area (Å²) in [4.78, 5) is 13.3. The molecule has 17 unspecified atom stereocenters. The molecule has 0 aromatic carbocycles. The van der Waals surface area contributed by atoms with E-state index in [-0.39, 0.29) is 18.9 Å². The Kier molecular flexibility index (Phi) is 36.2. The zero-order valence-electron chi connectivity index (χ0n) is 45.5. The van der Waals surface area contributed by atoms with Crippen molar-refractivity contribution >= 4 is 5.91 Å². The van der Waals surface area contributed by atoms with Crippen LogP contribution in [0.2, 0.25) is 0 Å². The van der Waals surface area contributed by atoms with Crippen molar-refractivity contribution in [1.82, 2.24) is 5.32 Å². The van der Waals surface area contributed by atoms with E-state index in [1.165, 1.54) is 57.8 Å². The van der Waals surface area contributed by atoms with Crippen molar-refractivity contribution < 1.29 is 89.4 Å². The van der Waals surface area contributed by atoms with Gasteiger partial charge < -0.3 is 89.9 Å². The van der Waals surface area contributed by atoms with E-state index in [2.05, 4.69) is 67.8 Å². The van der Waals surface area contributed by atoms with Crippen LogP contribution in [0.15, 0.2) is 60.8 Å². The Labute approximate surface area is 452 Å². The maximum absolute atomic E-state index is 13.3. The maximum atomic E-state index is 13.3. The van der Waals surface area contributed by atoms with Crippen molar-refractivity contribution in [2.24, 2.45) is 0 Å². The Morgan fingerprint density at radius 3 is 1.42 bits per heavy atom. The summed E-state index contributed by atoms with van der Waals surface area (Å²) in [6.07, 6.45) is 17.7. The molecule has 17 atom stereocenters. The van der Waals surface area contributed by atoms with Crippen molar-refractivity contribution in [1.29, 1.82) is 0 Å². The molecule has 3 rings (SSSR count). The van der Waals surface area contributed by atoms with E-state index in [0.717, 1.165) is 77.0 Å². The highest BCUT2D eigenvalue weighted by Crippen LogP contribution is 2.33. The molecule has 3 heterocycles. The topological polar surface area (TPSA) is 307 Å². The summed E-state index contributed by atoms with van der Waals surface area (Å²) in [6, 6.07) is -0.987. The highest BCUT2D eigenvalue weighted by molar-refractivity contribution is 5.76. The minimum Gasteiger partial charge on any atom is -0.394 e. The van der Waals surface area contributed by atoms with Crippen LogP contribution in [-0.4, -0.2) is 193 Å². The maximum Gasteiger partial charge on any atom is 0.220 e. The molecule has 3 saturated heterocycles. The van der Waals surface area contributed by atoms with Crippen LogP contribution in [0, 0.1) is 0 Å². The third kappa shape index (κ3) is 24.9. The minimum atomic E-state index is -1.98. The molecule has 0 spiro atoms. The third-order valence-electron chi connectivity index (χ3n) is 14.1. The molecule has 0 bridgehead atoms. The van der Waals surface area contributed by atoms with E-state index in [1.807, 2.05) is 6.08 Å². The number of amides is 1. The number of aliphatic hydroxyl groups is 11. The van der Waals surface area contributed by atoms with Gasteiger partial charge in [-0.3, -0.25) is 4.79 Å². The van der Waals surface area contributed by atoms with Crippen molar-refractivity contribution in [2.75, 3.05) is 26.4 Å². The van der Waals surface area contributed by atoms with Crippen molar-refractivity contribution in [2.45, 2.75) is 266 Å². The number of ether oxygens (including phenoxy) is 6. The average molecular weight is 1090 g/mol. The summed E-state index contributed by atoms with van der Waals surface area (Å²) in [6.45, 7) is 1.56. The second-order valence-corrected chi connectivity index (χ2v) is 20.4. The lowest BCUT2D eigenvalue weighted by Crippen LogP contribution is -2.66. The number of hydrogen-bond donors (Lipinski definition) is 12. The van der Waals surface area contributed by atoms with E-state index in [9.17, 15) is 61.0 Å². The van der Waals surface area contributed by atoms with Gasteiger partial charge >= 0.3 is 0 Å². The Hall–Kier alpha value is -2.51. The number of hydrogen-bond acceptors (Lipinski definition) is 18. The molecule has 440 valence electrons. The number of allylic oxidation sites excluding steroid dienone is 9. The highest BCUT2D eigenvalue weighted by Gasteiger charge is 2.53. The zero-order valence-corrected chi connectivity index (χ0v) is 45.5. The number of carbonyl (C=O) groups excluding carboxylic acids is 1. The smallest absolute Gasteiger partial charge is 0.220 e. The van der Waals surface area contributed by atoms with E-state index in [0.29, 0.717) is 6.42 Å². The first-order chi connectivity index (χ1) is 36.8. The fourth-order valence-electron chi connectivity index (χ4n) is 9.36. The Morgan fingerprint density at radius 1 is 0.487 bits per heavy atom. The van der Waals surface area contributed by atoms with Gasteiger partial charge in [-0.05, 0) is 57.8 Å². The Bertz CT molecular complexity index is 1630. The van der Waals surface area contributed by atoms with E-state index >= 15 is 0 Å². The number of rotatable bonds is 40. The summed E-state index contributed by atoms with van der Waals surface area (Å²) in [5.74, 6) is -0.303. The molecular weight excluding hydrogens is 987 g/mol. The molecule has 0 aliphatic carbocycles. The molecule has 3 fully saturated rings. The molecule has 0 radical (unpaired) electrons. The van der Waals surface area contributed by atoms with Crippen LogP contribution >= 0.6 is 0 Å². The van der Waals surface area contributed by atoms with E-state index < -0.39 is 124 Å². The van der Waals surface area contributed by atoms with Crippen molar-refractivity contribution in [3.63, 3.8) is 0 Å². The second-order valence-electron chi connectivity index (χ2n) is 20.4. The summed E-state index contributed by atoms with van der Waals surface area (Å²) >= 11 is 0. The SMILES string of the molecule is CC/C=C\C/C=C\C/C=C\C/C=C\CCCCCCC(=O)NC(COC1OC(CO)C(OC2OC(CO)C(OC3OC(CO)C(O)C(O)C3O)C(O)C2O)C(O)C1O)C(O)/C=C/CCCCCCCCCCCCCC. The Balaban J connectivity index is 1.54. The fourth-order valence-corrected chi connectivity index (χ4v) is 9.36. The highest BCUT2D eigenvalue weighted by atomic mass is 16.8. The monoisotopic (exact) mass is 1090 g/mol. The summed E-state index contributed by atoms with van der Waals surface area (Å²) in [7, 11) is 0. The molecule has 0 saturated carbocycles. The molecule has 19 heteroatoms. The standard InChI is InChI=1S/C57H99NO18/c1-3-5-7-9-11-13-15-17-19-20-21-23-25-27-29-31-33-35-45(63)58-40(41(62)34-32-30-28-26-24-22-18-16-14-12-10-8-6-4-2)39-71-55-51(69)48(66)53(43(37-60)73-55)76-57-52(70)49(67)54(44(38-61)74-57)75-56-50(68)47(65)46(64)42(36-59)72-56/h5,7,11,13,17,19,21,23,32,34,40-44,46-57,59-62,64-70H,3-4,6,8-10,12,14-16,18,20,22,24-31,33,35-39H2,1-2H3,(H,58,63)/b7-5-,13-11-,19-17-,23-21-,34-32+. The van der Waals surface area contributed by atoms with Crippen LogP contribution < -0.4 is 5.32 Å². The largest absolute Gasteiger partial charge is 0.394 e. The molecular formula is C57H99NO18. The third-order valence-corrected chi connectivity index (χ3v) is 14.1. The van der Waals surface area contributed by atoms with Gasteiger partial charge in [-0.1, -0.05) is 158 Å². The zero-order chi connectivity index (χ0) is 55.5. The predicted octanol–water partition coefficient (Wildman–Crippen LogP) is 4.09. The Morgan fingerprint density at radius 2 is 0.908 bits per heavy atom. The molecule has 19 nitrogen and oxygen atoms in total. The molecule has 0 aromatic rings. The van der Waals surface area contributed by atoms with Crippen LogP contribution in [-0.2, 0) is 33.2 Å². The molecule has 76 heavy (non-hydrogen) atoms. The first kappa shape index (κ1) is 67.8. The van der Waals surface area contributed by atoms with Crippen LogP contribution in [0.25, 0.3) is 0 Å². The minimum absolute atomic E-state index is 0.212. The van der Waals surface area contributed by atoms with Crippen LogP contribution in [0.5, 0.6) is 0 Å². The van der Waals surface area contributed by atoms with Gasteiger partial charge in [-0.15, -0.1) is 0 Å². The van der Waals surface area contributed by atoms with Gasteiger partial charge in [-0.2, -0.15) is 0 Å². The number of carbonyl (C=O) groups is 1. The summed E-state index contributed by atoms with van der Waals surface area (Å²) in [5, 5.41) is 120. The summed E-state index contributed by atoms with van der Waals surface area (Å²) in [5.41, 5.74) is 0. The molecule has 1 amide bonds. The first-order valence-electron chi connectivity index (χ1n) is 28.5. The normalized spacial score (nSPS) is 31.4. The lowest BCUT2D eigenvalue weighted by Gasteiger charge is -2.48. The van der Waals surface area contributed by atoms with Gasteiger partial charge in [0.05, 0.1) is 38.6 Å². The number of unbranched alkanes of at least 4 members (excludes halogenated alkanes) is 16. The number of nitrogens with one attached hydrogen (secondary N) is 1. The van der Waals surface area contributed by atoms with E-state index in [4.69, 9.17) is 28.4 Å². The van der Waals surface area contributed by atoms with Gasteiger partial charge in [0.1, 0.15) is 73.2 Å². The quantitative estimate of drug-likeness (QED) is 0.0304. The average Bonchev–Trinajstić information content (AvgIpc) is 3.41. The second kappa shape index (κ2) is 40.6.